The molecule has 0 spiro atoms. The summed E-state index contributed by atoms with van der Waals surface area (Å²) < 4.78 is 5.49. The van der Waals surface area contributed by atoms with Crippen LogP contribution in [0.3, 0.4) is 0 Å². The molecule has 1 N–H and O–H groups in total. The number of carbonyl (C=O) groups excluding carboxylic acids is 2. The molecule has 1 aliphatic heterocycles. The highest BCUT2D eigenvalue weighted by Crippen LogP contribution is 2.75. The van der Waals surface area contributed by atoms with Gasteiger partial charge in [-0.15, -0.1) is 0 Å². The molecule has 1 saturated heterocycles. The summed E-state index contributed by atoms with van der Waals surface area (Å²) in [5, 5.41) is 21.2. The van der Waals surface area contributed by atoms with E-state index in [0.717, 1.165) is 51.4 Å². The molecular weight excluding hydrogens is 536 g/mol. The van der Waals surface area contributed by atoms with Crippen molar-refractivity contribution < 1.29 is 19.4 Å². The van der Waals surface area contributed by atoms with Crippen LogP contribution in [0.5, 0.6) is 0 Å². The lowest BCUT2D eigenvalue weighted by molar-refractivity contribution is -0.174. The molecule has 3 unspecified atom stereocenters. The summed E-state index contributed by atoms with van der Waals surface area (Å²) in [6, 6.07) is 2.31. The molecule has 6 nitrogen and oxygen atoms in total. The molecule has 0 aromatic carbocycles. The molecule has 236 valence electrons. The van der Waals surface area contributed by atoms with E-state index in [1.165, 1.54) is 5.57 Å². The SMILES string of the molecule is CC1(C)CC[C@]2(CCC(=O)N3CCOCC3)CC[C@]3(C)C(C(=O)C=C4[C@@]5(C)C=C(C#N)C(O)C(C)(C)[C@@H]5CC[C@]43C)C2C1. The van der Waals surface area contributed by atoms with E-state index in [0.29, 0.717) is 38.3 Å². The Bertz CT molecular complexity index is 1300. The van der Waals surface area contributed by atoms with Crippen LogP contribution in [-0.4, -0.2) is 54.1 Å². The van der Waals surface area contributed by atoms with E-state index in [2.05, 4.69) is 54.5 Å². The number of nitriles is 1. The molecule has 43 heavy (non-hydrogen) atoms. The first-order valence-corrected chi connectivity index (χ1v) is 17.0. The molecule has 6 heteroatoms. The van der Waals surface area contributed by atoms with Crippen molar-refractivity contribution in [2.24, 2.45) is 50.2 Å². The predicted octanol–water partition coefficient (Wildman–Crippen LogP) is 6.64. The average molecular weight is 591 g/mol. The van der Waals surface area contributed by atoms with Gasteiger partial charge >= 0.3 is 0 Å². The van der Waals surface area contributed by atoms with E-state index in [1.807, 2.05) is 17.1 Å². The van der Waals surface area contributed by atoms with Gasteiger partial charge in [-0.05, 0) is 96.4 Å². The maximum absolute atomic E-state index is 14.7. The number of allylic oxidation sites excluding steroid dienone is 3. The third-order valence-corrected chi connectivity index (χ3v) is 14.5. The highest BCUT2D eigenvalue weighted by molar-refractivity contribution is 5.95. The third kappa shape index (κ3) is 4.38. The number of aliphatic hydroxyl groups is 1. The van der Waals surface area contributed by atoms with Gasteiger partial charge in [0.25, 0.3) is 0 Å². The number of ketones is 1. The Balaban J connectivity index is 1.40. The van der Waals surface area contributed by atoms with Crippen LogP contribution in [0.25, 0.3) is 0 Å². The number of hydrogen-bond donors (Lipinski definition) is 1. The van der Waals surface area contributed by atoms with Gasteiger partial charge in [-0.1, -0.05) is 60.1 Å². The minimum Gasteiger partial charge on any atom is -0.387 e. The van der Waals surface area contributed by atoms with E-state index in [4.69, 9.17) is 4.74 Å². The van der Waals surface area contributed by atoms with Crippen LogP contribution < -0.4 is 0 Å². The Hall–Kier alpha value is -1.97. The van der Waals surface area contributed by atoms with Gasteiger partial charge in [-0.25, -0.2) is 0 Å². The molecule has 3 saturated carbocycles. The number of ether oxygens (including phenoxy) is 1. The lowest BCUT2D eigenvalue weighted by Crippen LogP contribution is -2.65. The fraction of sp³-hybridized carbons (Fsp3) is 0.811. The number of rotatable bonds is 3. The van der Waals surface area contributed by atoms with Crippen LogP contribution in [0.2, 0.25) is 0 Å². The first kappa shape index (κ1) is 31.0. The standard InChI is InChI=1S/C37H54N2O4/c1-32(2)12-14-37(11-9-29(41)39-16-18-43-19-17-39)15-13-36(7)30(25(37)22-32)26(40)20-28-34(5)21-24(23-38)31(42)33(3,4)27(34)8-10-35(28,36)6/h20-21,25,27,30-31,42H,8-19,22H2,1-7H3/t25?,27-,30?,31?,34-,35+,36+,37+/m0/s1. The second kappa shape index (κ2) is 10.0. The van der Waals surface area contributed by atoms with Crippen molar-refractivity contribution in [2.75, 3.05) is 26.3 Å². The Kier molecular flexibility index (Phi) is 7.23. The summed E-state index contributed by atoms with van der Waals surface area (Å²) in [5.41, 5.74) is 0.541. The molecule has 0 aromatic rings. The monoisotopic (exact) mass is 590 g/mol. The molecule has 5 aliphatic carbocycles. The van der Waals surface area contributed by atoms with Crippen molar-refractivity contribution in [3.63, 3.8) is 0 Å². The van der Waals surface area contributed by atoms with E-state index in [9.17, 15) is 20.0 Å². The van der Waals surface area contributed by atoms with Crippen LogP contribution in [0.1, 0.15) is 106 Å². The average Bonchev–Trinajstić information content (AvgIpc) is 2.95. The van der Waals surface area contributed by atoms with Crippen LogP contribution in [0.4, 0.5) is 0 Å². The molecule has 4 fully saturated rings. The number of fused-ring (bicyclic) bond motifs is 7. The molecule has 0 aromatic heterocycles. The summed E-state index contributed by atoms with van der Waals surface area (Å²) in [6.07, 6.45) is 12.0. The van der Waals surface area contributed by atoms with Gasteiger partial charge in [0, 0.05) is 30.8 Å². The second-order valence-corrected chi connectivity index (χ2v) is 17.3. The minimum atomic E-state index is -0.789. The maximum Gasteiger partial charge on any atom is 0.222 e. The number of amides is 1. The molecule has 0 bridgehead atoms. The number of aliphatic hydroxyl groups excluding tert-OH is 1. The molecular formula is C37H54N2O4. The summed E-state index contributed by atoms with van der Waals surface area (Å²) in [7, 11) is 0. The highest BCUT2D eigenvalue weighted by Gasteiger charge is 2.69. The Morgan fingerprint density at radius 2 is 1.72 bits per heavy atom. The van der Waals surface area contributed by atoms with E-state index in [1.54, 1.807) is 0 Å². The maximum atomic E-state index is 14.7. The molecule has 0 radical (unpaired) electrons. The first-order valence-electron chi connectivity index (χ1n) is 17.0. The quantitative estimate of drug-likeness (QED) is 0.398. The third-order valence-electron chi connectivity index (χ3n) is 14.5. The highest BCUT2D eigenvalue weighted by atomic mass is 16.5. The number of morpholine rings is 1. The van der Waals surface area contributed by atoms with Crippen LogP contribution in [0, 0.1) is 61.6 Å². The fourth-order valence-electron chi connectivity index (χ4n) is 11.7. The zero-order chi connectivity index (χ0) is 31.2. The van der Waals surface area contributed by atoms with Crippen molar-refractivity contribution in [1.82, 2.24) is 4.90 Å². The summed E-state index contributed by atoms with van der Waals surface area (Å²) in [4.78, 5) is 30.0. The van der Waals surface area contributed by atoms with Crippen molar-refractivity contribution in [3.8, 4) is 6.07 Å². The van der Waals surface area contributed by atoms with E-state index >= 15 is 0 Å². The molecule has 1 heterocycles. The smallest absolute Gasteiger partial charge is 0.222 e. The lowest BCUT2D eigenvalue weighted by Gasteiger charge is -2.69. The van der Waals surface area contributed by atoms with Gasteiger partial charge in [0.15, 0.2) is 5.78 Å². The largest absolute Gasteiger partial charge is 0.387 e. The minimum absolute atomic E-state index is 0.0188. The van der Waals surface area contributed by atoms with Crippen molar-refractivity contribution in [2.45, 2.75) is 112 Å². The van der Waals surface area contributed by atoms with Crippen LogP contribution >= 0.6 is 0 Å². The van der Waals surface area contributed by atoms with E-state index in [-0.39, 0.29) is 51.1 Å². The summed E-state index contributed by atoms with van der Waals surface area (Å²) >= 11 is 0. The van der Waals surface area contributed by atoms with Crippen molar-refractivity contribution in [3.05, 3.63) is 23.3 Å². The summed E-state index contributed by atoms with van der Waals surface area (Å²) in [6.45, 7) is 18.6. The molecule has 1 amide bonds. The van der Waals surface area contributed by atoms with E-state index < -0.39 is 16.9 Å². The van der Waals surface area contributed by atoms with Crippen molar-refractivity contribution >= 4 is 11.7 Å². The number of nitrogens with zero attached hydrogens (tertiary/aromatic N) is 2. The Morgan fingerprint density at radius 1 is 1.05 bits per heavy atom. The van der Waals surface area contributed by atoms with Gasteiger partial charge in [0.05, 0.1) is 31.0 Å². The van der Waals surface area contributed by atoms with Crippen LogP contribution in [0.15, 0.2) is 23.3 Å². The molecule has 8 atom stereocenters. The van der Waals surface area contributed by atoms with Crippen molar-refractivity contribution in [1.29, 1.82) is 5.26 Å². The van der Waals surface area contributed by atoms with Gasteiger partial charge < -0.3 is 14.7 Å². The number of hydrogen-bond acceptors (Lipinski definition) is 5. The topological polar surface area (TPSA) is 90.6 Å². The Labute approximate surface area is 259 Å². The fourth-order valence-corrected chi connectivity index (χ4v) is 11.7. The lowest BCUT2D eigenvalue weighted by atomic mass is 9.34. The molecule has 6 aliphatic rings. The Morgan fingerprint density at radius 3 is 2.40 bits per heavy atom. The zero-order valence-corrected chi connectivity index (χ0v) is 27.7. The van der Waals surface area contributed by atoms with Gasteiger partial charge in [0.1, 0.15) is 0 Å². The second-order valence-electron chi connectivity index (χ2n) is 17.3. The normalized spacial score (nSPS) is 44.9. The van der Waals surface area contributed by atoms with Crippen LogP contribution in [-0.2, 0) is 14.3 Å². The van der Waals surface area contributed by atoms with Gasteiger partial charge in [-0.3, -0.25) is 9.59 Å². The molecule has 6 rings (SSSR count). The van der Waals surface area contributed by atoms with Gasteiger partial charge in [-0.2, -0.15) is 5.26 Å². The number of carbonyl (C=O) groups is 2. The zero-order valence-electron chi connectivity index (χ0n) is 27.7. The predicted molar refractivity (Wildman–Crippen MR) is 167 cm³/mol. The van der Waals surface area contributed by atoms with Gasteiger partial charge in [0.2, 0.25) is 5.91 Å². The first-order chi connectivity index (χ1) is 20.0. The summed E-state index contributed by atoms with van der Waals surface area (Å²) in [5.74, 6) is 0.859.